The molecule has 16 heavy (non-hydrogen) atoms. The van der Waals surface area contributed by atoms with Crippen molar-refractivity contribution >= 4 is 27.5 Å². The topological polar surface area (TPSA) is 29.1 Å². The molecule has 3 heteroatoms. The lowest BCUT2D eigenvalue weighted by Gasteiger charge is -2.15. The van der Waals surface area contributed by atoms with E-state index in [0.717, 1.165) is 15.7 Å². The van der Waals surface area contributed by atoms with Gasteiger partial charge in [0.2, 0.25) is 5.91 Å². The van der Waals surface area contributed by atoms with Crippen molar-refractivity contribution in [1.82, 2.24) is 0 Å². The van der Waals surface area contributed by atoms with E-state index in [4.69, 9.17) is 0 Å². The molecule has 0 bridgehead atoms. The molecule has 0 aliphatic carbocycles. The van der Waals surface area contributed by atoms with Gasteiger partial charge in [0.1, 0.15) is 0 Å². The van der Waals surface area contributed by atoms with Gasteiger partial charge in [-0.25, -0.2) is 0 Å². The van der Waals surface area contributed by atoms with Crippen LogP contribution in [0.1, 0.15) is 26.3 Å². The summed E-state index contributed by atoms with van der Waals surface area (Å²) in [7, 11) is 0. The first-order chi connectivity index (χ1) is 7.41. The number of benzene rings is 1. The predicted molar refractivity (Wildman–Crippen MR) is 71.5 cm³/mol. The molecule has 1 atom stereocenters. The minimum absolute atomic E-state index is 0.0314. The van der Waals surface area contributed by atoms with Crippen molar-refractivity contribution in [3.8, 4) is 0 Å². The number of anilines is 1. The van der Waals surface area contributed by atoms with Gasteiger partial charge in [0.15, 0.2) is 0 Å². The molecule has 0 aliphatic rings. The van der Waals surface area contributed by atoms with Crippen LogP contribution in [0.2, 0.25) is 0 Å². The summed E-state index contributed by atoms with van der Waals surface area (Å²) < 4.78 is 1.06. The van der Waals surface area contributed by atoms with Crippen molar-refractivity contribution < 1.29 is 4.79 Å². The van der Waals surface area contributed by atoms with Crippen molar-refractivity contribution in [2.75, 3.05) is 5.32 Å². The number of aryl methyl sites for hydroxylation is 1. The van der Waals surface area contributed by atoms with Gasteiger partial charge in [-0.15, -0.1) is 0 Å². The highest BCUT2D eigenvalue weighted by Crippen LogP contribution is 2.21. The van der Waals surface area contributed by atoms with E-state index >= 15 is 0 Å². The minimum atomic E-state index is 0.0314. The van der Waals surface area contributed by atoms with Crippen LogP contribution >= 0.6 is 15.9 Å². The molecule has 1 amide bonds. The number of nitrogens with one attached hydrogen (secondary N) is 1. The largest absolute Gasteiger partial charge is 0.326 e. The first-order valence-electron chi connectivity index (χ1n) is 5.49. The fourth-order valence-corrected chi connectivity index (χ4v) is 1.53. The lowest BCUT2D eigenvalue weighted by molar-refractivity contribution is -0.120. The van der Waals surface area contributed by atoms with Crippen LogP contribution in [0.15, 0.2) is 22.7 Å². The van der Waals surface area contributed by atoms with Crippen molar-refractivity contribution in [3.05, 3.63) is 28.2 Å². The van der Waals surface area contributed by atoms with Crippen LogP contribution in [0.5, 0.6) is 0 Å². The second-order valence-electron chi connectivity index (χ2n) is 4.49. The van der Waals surface area contributed by atoms with E-state index < -0.39 is 0 Å². The van der Waals surface area contributed by atoms with Crippen LogP contribution in [0, 0.1) is 18.8 Å². The first kappa shape index (κ1) is 13.2. The Bertz CT molecular complexity index is 388. The van der Waals surface area contributed by atoms with Gasteiger partial charge in [0.05, 0.1) is 0 Å². The molecule has 1 rings (SSSR count). The number of carbonyl (C=O) groups is 1. The molecule has 1 aromatic carbocycles. The summed E-state index contributed by atoms with van der Waals surface area (Å²) in [5, 5.41) is 2.93. The van der Waals surface area contributed by atoms with Crippen LogP contribution in [0.3, 0.4) is 0 Å². The Balaban J connectivity index is 2.74. The predicted octanol–water partition coefficient (Wildman–Crippen LogP) is 3.99. The maximum absolute atomic E-state index is 11.8. The SMILES string of the molecule is Cc1cc(NC(=O)C(C)C(C)C)ccc1Br. The average molecular weight is 284 g/mol. The zero-order valence-electron chi connectivity index (χ0n) is 10.2. The van der Waals surface area contributed by atoms with Crippen LogP contribution in [-0.2, 0) is 4.79 Å². The lowest BCUT2D eigenvalue weighted by Crippen LogP contribution is -2.24. The van der Waals surface area contributed by atoms with Crippen LogP contribution in [0.4, 0.5) is 5.69 Å². The molecular formula is C13H18BrNO. The second-order valence-corrected chi connectivity index (χ2v) is 5.34. The summed E-state index contributed by atoms with van der Waals surface area (Å²) in [4.78, 5) is 11.8. The van der Waals surface area contributed by atoms with E-state index in [1.165, 1.54) is 0 Å². The Hall–Kier alpha value is -0.830. The number of rotatable bonds is 3. The molecule has 0 radical (unpaired) electrons. The summed E-state index contributed by atoms with van der Waals surface area (Å²) in [6.45, 7) is 8.06. The molecule has 0 fully saturated rings. The second kappa shape index (κ2) is 5.48. The van der Waals surface area contributed by atoms with Crippen molar-refractivity contribution in [2.45, 2.75) is 27.7 Å². The van der Waals surface area contributed by atoms with Crippen molar-refractivity contribution in [3.63, 3.8) is 0 Å². The van der Waals surface area contributed by atoms with Gasteiger partial charge in [-0.05, 0) is 36.6 Å². The molecule has 0 saturated heterocycles. The summed E-state index contributed by atoms with van der Waals surface area (Å²) in [5.41, 5.74) is 1.98. The fraction of sp³-hybridized carbons (Fsp3) is 0.462. The molecule has 0 aromatic heterocycles. The van der Waals surface area contributed by atoms with Crippen LogP contribution in [-0.4, -0.2) is 5.91 Å². The number of hydrogen-bond acceptors (Lipinski definition) is 1. The third-order valence-electron chi connectivity index (χ3n) is 2.84. The minimum Gasteiger partial charge on any atom is -0.326 e. The maximum Gasteiger partial charge on any atom is 0.227 e. The van der Waals surface area contributed by atoms with Crippen molar-refractivity contribution in [2.24, 2.45) is 11.8 Å². The number of amides is 1. The zero-order chi connectivity index (χ0) is 12.3. The molecule has 1 unspecified atom stereocenters. The quantitative estimate of drug-likeness (QED) is 0.893. The third kappa shape index (κ3) is 3.34. The lowest BCUT2D eigenvalue weighted by atomic mass is 9.97. The van der Waals surface area contributed by atoms with Gasteiger partial charge < -0.3 is 5.32 Å². The molecule has 0 aliphatic heterocycles. The highest BCUT2D eigenvalue weighted by Gasteiger charge is 2.16. The monoisotopic (exact) mass is 283 g/mol. The van der Waals surface area contributed by atoms with Gasteiger partial charge in [-0.2, -0.15) is 0 Å². The van der Waals surface area contributed by atoms with Gasteiger partial charge >= 0.3 is 0 Å². The molecule has 0 saturated carbocycles. The zero-order valence-corrected chi connectivity index (χ0v) is 11.8. The van der Waals surface area contributed by atoms with E-state index in [1.54, 1.807) is 0 Å². The Morgan fingerprint density at radius 1 is 1.31 bits per heavy atom. The molecule has 0 heterocycles. The molecular weight excluding hydrogens is 266 g/mol. The molecule has 88 valence electrons. The fourth-order valence-electron chi connectivity index (χ4n) is 1.28. The summed E-state index contributed by atoms with van der Waals surface area (Å²) in [6, 6.07) is 5.82. The highest BCUT2D eigenvalue weighted by atomic mass is 79.9. The van der Waals surface area contributed by atoms with Gasteiger partial charge in [0, 0.05) is 16.1 Å². The van der Waals surface area contributed by atoms with E-state index in [2.05, 4.69) is 35.1 Å². The Morgan fingerprint density at radius 2 is 1.94 bits per heavy atom. The normalized spacial score (nSPS) is 12.6. The Labute approximate surface area is 106 Å². The van der Waals surface area contributed by atoms with Gasteiger partial charge in [-0.1, -0.05) is 36.7 Å². The maximum atomic E-state index is 11.8. The molecule has 1 aromatic rings. The van der Waals surface area contributed by atoms with E-state index in [1.807, 2.05) is 32.0 Å². The van der Waals surface area contributed by atoms with Crippen LogP contribution < -0.4 is 5.32 Å². The average Bonchev–Trinajstić information content (AvgIpc) is 2.22. The highest BCUT2D eigenvalue weighted by molar-refractivity contribution is 9.10. The Morgan fingerprint density at radius 3 is 2.44 bits per heavy atom. The number of hydrogen-bond donors (Lipinski definition) is 1. The van der Waals surface area contributed by atoms with Crippen molar-refractivity contribution in [1.29, 1.82) is 0 Å². The third-order valence-corrected chi connectivity index (χ3v) is 3.73. The Kier molecular flexibility index (Phi) is 4.54. The molecule has 1 N–H and O–H groups in total. The summed E-state index contributed by atoms with van der Waals surface area (Å²) in [6.07, 6.45) is 0. The van der Waals surface area contributed by atoms with Crippen LogP contribution in [0.25, 0.3) is 0 Å². The number of halogens is 1. The van der Waals surface area contributed by atoms with E-state index in [9.17, 15) is 4.79 Å². The molecule has 2 nitrogen and oxygen atoms in total. The van der Waals surface area contributed by atoms with Gasteiger partial charge in [-0.3, -0.25) is 4.79 Å². The summed E-state index contributed by atoms with van der Waals surface area (Å²) in [5.74, 6) is 0.470. The first-order valence-corrected chi connectivity index (χ1v) is 6.28. The van der Waals surface area contributed by atoms with Gasteiger partial charge in [0.25, 0.3) is 0 Å². The van der Waals surface area contributed by atoms with E-state index in [-0.39, 0.29) is 11.8 Å². The molecule has 0 spiro atoms. The van der Waals surface area contributed by atoms with E-state index in [0.29, 0.717) is 5.92 Å². The smallest absolute Gasteiger partial charge is 0.227 e. The number of carbonyl (C=O) groups excluding carboxylic acids is 1. The summed E-state index contributed by atoms with van der Waals surface area (Å²) >= 11 is 3.44. The standard InChI is InChI=1S/C13H18BrNO/c1-8(2)10(4)13(16)15-11-5-6-12(14)9(3)7-11/h5-8,10H,1-4H3,(H,15,16).